The molecule has 1 fully saturated rings. The minimum absolute atomic E-state index is 0.0293. The van der Waals surface area contributed by atoms with Crippen molar-refractivity contribution in [3.05, 3.63) is 46.5 Å². The molecule has 1 aliphatic heterocycles. The van der Waals surface area contributed by atoms with E-state index in [4.69, 9.17) is 23.2 Å². The van der Waals surface area contributed by atoms with E-state index in [9.17, 15) is 4.79 Å². The van der Waals surface area contributed by atoms with Gasteiger partial charge in [-0.2, -0.15) is 5.10 Å². The molecule has 110 valence electrons. The van der Waals surface area contributed by atoms with E-state index in [1.807, 2.05) is 9.58 Å². The number of amides is 1. The van der Waals surface area contributed by atoms with Crippen LogP contribution >= 0.6 is 23.2 Å². The zero-order valence-electron chi connectivity index (χ0n) is 11.2. The van der Waals surface area contributed by atoms with Crippen molar-refractivity contribution in [1.82, 2.24) is 19.7 Å². The van der Waals surface area contributed by atoms with E-state index in [0.717, 1.165) is 19.4 Å². The van der Waals surface area contributed by atoms with Crippen molar-refractivity contribution in [2.45, 2.75) is 18.9 Å². The van der Waals surface area contributed by atoms with Gasteiger partial charge in [-0.05, 0) is 31.0 Å². The predicted octanol–water partition coefficient (Wildman–Crippen LogP) is 3.06. The molecule has 5 nitrogen and oxygen atoms in total. The van der Waals surface area contributed by atoms with Gasteiger partial charge in [0.25, 0.3) is 5.91 Å². The van der Waals surface area contributed by atoms with E-state index in [1.165, 1.54) is 6.33 Å². The molecule has 1 atom stereocenters. The van der Waals surface area contributed by atoms with Crippen molar-refractivity contribution in [3.8, 4) is 0 Å². The maximum atomic E-state index is 12.6. The predicted molar refractivity (Wildman–Crippen MR) is 80.7 cm³/mol. The van der Waals surface area contributed by atoms with Crippen LogP contribution in [0, 0.1) is 0 Å². The highest BCUT2D eigenvalue weighted by Gasteiger charge is 2.26. The van der Waals surface area contributed by atoms with E-state index < -0.39 is 0 Å². The molecule has 2 heterocycles. The van der Waals surface area contributed by atoms with Crippen LogP contribution in [0.5, 0.6) is 0 Å². The topological polar surface area (TPSA) is 51.0 Å². The van der Waals surface area contributed by atoms with Gasteiger partial charge < -0.3 is 4.90 Å². The van der Waals surface area contributed by atoms with Crippen LogP contribution in [0.15, 0.2) is 30.9 Å². The summed E-state index contributed by atoms with van der Waals surface area (Å²) < 4.78 is 1.81. The molecule has 2 aromatic rings. The van der Waals surface area contributed by atoms with E-state index in [2.05, 4.69) is 10.1 Å². The monoisotopic (exact) mass is 324 g/mol. The number of aromatic nitrogens is 3. The molecule has 0 spiro atoms. The molecule has 1 aliphatic rings. The third-order valence-corrected chi connectivity index (χ3v) is 4.40. The Labute approximate surface area is 132 Å². The molecule has 0 radical (unpaired) electrons. The molecule has 1 unspecified atom stereocenters. The lowest BCUT2D eigenvalue weighted by Crippen LogP contribution is -2.40. The third-order valence-electron chi connectivity index (χ3n) is 3.66. The summed E-state index contributed by atoms with van der Waals surface area (Å²) in [6.07, 6.45) is 5.14. The maximum Gasteiger partial charge on any atom is 0.253 e. The van der Waals surface area contributed by atoms with Crippen molar-refractivity contribution in [2.24, 2.45) is 0 Å². The van der Waals surface area contributed by atoms with Crippen LogP contribution in [0.2, 0.25) is 10.0 Å². The molecule has 0 saturated carbocycles. The zero-order valence-corrected chi connectivity index (χ0v) is 12.8. The van der Waals surface area contributed by atoms with Crippen LogP contribution in [0.1, 0.15) is 29.2 Å². The van der Waals surface area contributed by atoms with Crippen molar-refractivity contribution in [1.29, 1.82) is 0 Å². The number of carbonyl (C=O) groups excluding carboxylic acids is 1. The first-order valence-electron chi connectivity index (χ1n) is 6.73. The van der Waals surface area contributed by atoms with Gasteiger partial charge in [0.15, 0.2) is 0 Å². The first-order valence-corrected chi connectivity index (χ1v) is 7.49. The Morgan fingerprint density at radius 3 is 2.86 bits per heavy atom. The van der Waals surface area contributed by atoms with Gasteiger partial charge in [-0.25, -0.2) is 9.67 Å². The second-order valence-corrected chi connectivity index (χ2v) is 5.87. The van der Waals surface area contributed by atoms with Crippen molar-refractivity contribution in [2.75, 3.05) is 13.1 Å². The van der Waals surface area contributed by atoms with Gasteiger partial charge >= 0.3 is 0 Å². The minimum atomic E-state index is -0.0293. The second-order valence-electron chi connectivity index (χ2n) is 5.05. The van der Waals surface area contributed by atoms with Crippen LogP contribution in [0.4, 0.5) is 0 Å². The first-order chi connectivity index (χ1) is 10.1. The van der Waals surface area contributed by atoms with Crippen LogP contribution in [0.25, 0.3) is 0 Å². The summed E-state index contributed by atoms with van der Waals surface area (Å²) in [7, 11) is 0. The fourth-order valence-electron chi connectivity index (χ4n) is 2.57. The summed E-state index contributed by atoms with van der Waals surface area (Å²) in [5.41, 5.74) is 0.559. The van der Waals surface area contributed by atoms with Crippen molar-refractivity contribution in [3.63, 3.8) is 0 Å². The van der Waals surface area contributed by atoms with E-state index in [1.54, 1.807) is 24.5 Å². The van der Waals surface area contributed by atoms with Gasteiger partial charge in [0.05, 0.1) is 16.1 Å². The van der Waals surface area contributed by atoms with Crippen LogP contribution in [-0.2, 0) is 0 Å². The van der Waals surface area contributed by atoms with Crippen LogP contribution in [0.3, 0.4) is 0 Å². The molecule has 1 aromatic carbocycles. The molecule has 7 heteroatoms. The zero-order chi connectivity index (χ0) is 14.8. The fourth-order valence-corrected chi connectivity index (χ4v) is 2.87. The summed E-state index contributed by atoms with van der Waals surface area (Å²) in [5, 5.41) is 5.01. The maximum absolute atomic E-state index is 12.6. The first kappa shape index (κ1) is 14.4. The Balaban J connectivity index is 1.76. The van der Waals surface area contributed by atoms with Crippen molar-refractivity contribution >= 4 is 29.1 Å². The molecule has 0 aliphatic carbocycles. The highest BCUT2D eigenvalue weighted by molar-refractivity contribution is 6.42. The highest BCUT2D eigenvalue weighted by Crippen LogP contribution is 2.25. The minimum Gasteiger partial charge on any atom is -0.336 e. The summed E-state index contributed by atoms with van der Waals surface area (Å²) in [5.74, 6) is -0.0293. The lowest BCUT2D eigenvalue weighted by molar-refractivity contribution is 0.0673. The van der Waals surface area contributed by atoms with Gasteiger partial charge in [-0.1, -0.05) is 23.2 Å². The average molecular weight is 325 g/mol. The van der Waals surface area contributed by atoms with E-state index in [0.29, 0.717) is 22.2 Å². The Hall–Kier alpha value is -1.59. The molecule has 0 N–H and O–H groups in total. The number of carbonyl (C=O) groups is 1. The summed E-state index contributed by atoms with van der Waals surface area (Å²) in [6, 6.07) is 5.14. The Morgan fingerprint density at radius 2 is 2.14 bits per heavy atom. The summed E-state index contributed by atoms with van der Waals surface area (Å²) in [6.45, 7) is 1.37. The number of hydrogen-bond donors (Lipinski definition) is 0. The lowest BCUT2D eigenvalue weighted by atomic mass is 10.0. The van der Waals surface area contributed by atoms with Gasteiger partial charge in [0.2, 0.25) is 0 Å². The average Bonchev–Trinajstić information content (AvgIpc) is 3.04. The number of halogens is 2. The molecule has 1 aromatic heterocycles. The van der Waals surface area contributed by atoms with E-state index in [-0.39, 0.29) is 11.9 Å². The van der Waals surface area contributed by atoms with Gasteiger partial charge in [0, 0.05) is 18.7 Å². The Kier molecular flexibility index (Phi) is 4.12. The molecule has 1 saturated heterocycles. The molecule has 3 rings (SSSR count). The van der Waals surface area contributed by atoms with Crippen LogP contribution < -0.4 is 0 Å². The second kappa shape index (κ2) is 6.03. The number of piperidine rings is 1. The number of likely N-dealkylation sites (tertiary alicyclic amines) is 1. The Bertz CT molecular complexity index is 644. The van der Waals surface area contributed by atoms with Gasteiger partial charge in [-0.3, -0.25) is 4.79 Å². The highest BCUT2D eigenvalue weighted by atomic mass is 35.5. The van der Waals surface area contributed by atoms with Crippen molar-refractivity contribution < 1.29 is 4.79 Å². The fraction of sp³-hybridized carbons (Fsp3) is 0.357. The van der Waals surface area contributed by atoms with E-state index >= 15 is 0 Å². The van der Waals surface area contributed by atoms with Gasteiger partial charge in [-0.15, -0.1) is 0 Å². The van der Waals surface area contributed by atoms with Gasteiger partial charge in [0.1, 0.15) is 12.7 Å². The standard InChI is InChI=1S/C14H14Cl2N4O/c15-12-4-3-10(6-13(12)16)14(21)19-5-1-2-11(7-19)20-9-17-8-18-20/h3-4,6,8-9,11H,1-2,5,7H2. The normalized spacial score (nSPS) is 18.8. The molecule has 21 heavy (non-hydrogen) atoms. The Morgan fingerprint density at radius 1 is 1.29 bits per heavy atom. The van der Waals surface area contributed by atoms with Crippen LogP contribution in [-0.4, -0.2) is 38.7 Å². The quantitative estimate of drug-likeness (QED) is 0.853. The number of nitrogens with zero attached hydrogens (tertiary/aromatic N) is 4. The number of benzene rings is 1. The lowest BCUT2D eigenvalue weighted by Gasteiger charge is -2.32. The largest absolute Gasteiger partial charge is 0.336 e. The summed E-state index contributed by atoms with van der Waals surface area (Å²) in [4.78, 5) is 18.3. The molecule has 1 amide bonds. The SMILES string of the molecule is O=C(c1ccc(Cl)c(Cl)c1)N1CCCC(n2cncn2)C1. The molecular weight excluding hydrogens is 311 g/mol. The number of rotatable bonds is 2. The smallest absolute Gasteiger partial charge is 0.253 e. The molecular formula is C14H14Cl2N4O. The third kappa shape index (κ3) is 3.04. The molecule has 0 bridgehead atoms. The number of hydrogen-bond acceptors (Lipinski definition) is 3. The summed E-state index contributed by atoms with van der Waals surface area (Å²) >= 11 is 11.9.